The molecule has 3 unspecified atom stereocenters. The van der Waals surface area contributed by atoms with Gasteiger partial charge >= 0.3 is 0 Å². The highest BCUT2D eigenvalue weighted by atomic mass is 16.5. The second-order valence-electron chi connectivity index (χ2n) is 9.79. The smallest absolute Gasteiger partial charge is 0.141 e. The number of rotatable bonds is 8. The summed E-state index contributed by atoms with van der Waals surface area (Å²) in [5.74, 6) is 2.61. The van der Waals surface area contributed by atoms with E-state index in [0.29, 0.717) is 24.0 Å². The highest BCUT2D eigenvalue weighted by Gasteiger charge is 2.58. The molecule has 0 bridgehead atoms. The van der Waals surface area contributed by atoms with E-state index in [0.717, 1.165) is 63.9 Å². The van der Waals surface area contributed by atoms with Crippen LogP contribution < -0.4 is 4.74 Å². The van der Waals surface area contributed by atoms with Crippen molar-refractivity contribution in [2.24, 2.45) is 17.3 Å². The second-order valence-corrected chi connectivity index (χ2v) is 9.79. The predicted molar refractivity (Wildman–Crippen MR) is 117 cm³/mol. The summed E-state index contributed by atoms with van der Waals surface area (Å²) < 4.78 is 12.2. The van der Waals surface area contributed by atoms with Crippen molar-refractivity contribution in [1.29, 1.82) is 0 Å². The van der Waals surface area contributed by atoms with Crippen molar-refractivity contribution in [3.8, 4) is 5.75 Å². The molecule has 4 rings (SSSR count). The van der Waals surface area contributed by atoms with Crippen molar-refractivity contribution >= 4 is 5.78 Å². The molecule has 2 saturated carbocycles. The van der Waals surface area contributed by atoms with Crippen molar-refractivity contribution in [3.05, 3.63) is 29.3 Å². The van der Waals surface area contributed by atoms with Crippen molar-refractivity contribution in [3.63, 3.8) is 0 Å². The molecule has 3 aliphatic carbocycles. The van der Waals surface area contributed by atoms with Crippen molar-refractivity contribution in [1.82, 2.24) is 0 Å². The molecule has 160 valence electrons. The average Bonchev–Trinajstić information content (AvgIpc) is 3.04. The zero-order valence-electron chi connectivity index (χ0n) is 18.5. The molecular weight excluding hydrogens is 360 g/mol. The minimum Gasteiger partial charge on any atom is -0.494 e. The lowest BCUT2D eigenvalue weighted by Gasteiger charge is -2.49. The first-order chi connectivity index (χ1) is 14.1. The Morgan fingerprint density at radius 3 is 2.66 bits per heavy atom. The van der Waals surface area contributed by atoms with Gasteiger partial charge in [-0.15, -0.1) is 0 Å². The van der Waals surface area contributed by atoms with Crippen LogP contribution in [0, 0.1) is 17.3 Å². The van der Waals surface area contributed by atoms with Gasteiger partial charge in [0.05, 0.1) is 12.7 Å². The van der Waals surface area contributed by atoms with E-state index < -0.39 is 0 Å². The summed E-state index contributed by atoms with van der Waals surface area (Å²) >= 11 is 0. The summed E-state index contributed by atoms with van der Waals surface area (Å²) in [5.41, 5.74) is 2.66. The molecule has 0 spiro atoms. The molecule has 0 aromatic heterocycles. The largest absolute Gasteiger partial charge is 0.494 e. The Morgan fingerprint density at radius 1 is 1.07 bits per heavy atom. The quantitative estimate of drug-likeness (QED) is 0.497. The van der Waals surface area contributed by atoms with Crippen molar-refractivity contribution in [2.75, 3.05) is 13.2 Å². The van der Waals surface area contributed by atoms with Crippen LogP contribution in [0.4, 0.5) is 0 Å². The molecular formula is C26H38O3. The summed E-state index contributed by atoms with van der Waals surface area (Å²) in [5, 5.41) is 0. The standard InChI is InChI=1S/C26H38O3/c1-4-6-14-28-19-9-11-20-18(16-19)8-10-21-22-12-13-24(29-15-7-5-2)26(22,3)17-23(27)25(20)21/h9,11,16,21-22,24-25H,4-8,10,12-15,17H2,1-3H3/t21?,22?,24-,25?,26-/m0/s1. The van der Waals surface area contributed by atoms with Gasteiger partial charge in [0.1, 0.15) is 11.5 Å². The normalized spacial score (nSPS) is 33.1. The van der Waals surface area contributed by atoms with E-state index in [4.69, 9.17) is 9.47 Å². The molecule has 1 aromatic carbocycles. The highest BCUT2D eigenvalue weighted by Crippen LogP contribution is 2.60. The highest BCUT2D eigenvalue weighted by molar-refractivity contribution is 5.88. The van der Waals surface area contributed by atoms with Crippen LogP contribution in [0.1, 0.15) is 89.2 Å². The molecule has 29 heavy (non-hydrogen) atoms. The fourth-order valence-electron chi connectivity index (χ4n) is 6.40. The third kappa shape index (κ3) is 3.87. The minimum atomic E-state index is 0.0344. The number of unbranched alkanes of at least 4 members (excludes halogenated alkanes) is 2. The van der Waals surface area contributed by atoms with Gasteiger partial charge in [0.2, 0.25) is 0 Å². The number of ether oxygens (including phenoxy) is 2. The molecule has 5 atom stereocenters. The Kier molecular flexibility index (Phi) is 6.34. The number of carbonyl (C=O) groups is 1. The van der Waals surface area contributed by atoms with Crippen LogP contribution in [0.5, 0.6) is 5.75 Å². The number of hydrogen-bond donors (Lipinski definition) is 0. The van der Waals surface area contributed by atoms with Crippen LogP contribution in [-0.4, -0.2) is 25.1 Å². The summed E-state index contributed by atoms with van der Waals surface area (Å²) in [6.45, 7) is 8.35. The number of fused-ring (bicyclic) bond motifs is 5. The van der Waals surface area contributed by atoms with E-state index in [1.54, 1.807) is 0 Å². The Bertz CT molecular complexity index is 727. The van der Waals surface area contributed by atoms with E-state index in [1.807, 2.05) is 0 Å². The Morgan fingerprint density at radius 2 is 1.86 bits per heavy atom. The number of ketones is 1. The molecule has 0 heterocycles. The molecule has 0 saturated heterocycles. The third-order valence-electron chi connectivity index (χ3n) is 7.95. The van der Waals surface area contributed by atoms with Gasteiger partial charge in [-0.05, 0) is 73.6 Å². The summed E-state index contributed by atoms with van der Waals surface area (Å²) in [6.07, 6.45) is 10.0. The summed E-state index contributed by atoms with van der Waals surface area (Å²) in [6, 6.07) is 6.48. The van der Waals surface area contributed by atoms with Crippen LogP contribution in [0.25, 0.3) is 0 Å². The topological polar surface area (TPSA) is 35.5 Å². The van der Waals surface area contributed by atoms with Gasteiger partial charge in [-0.1, -0.05) is 39.7 Å². The lowest BCUT2D eigenvalue weighted by atomic mass is 9.55. The first-order valence-electron chi connectivity index (χ1n) is 12.0. The lowest BCUT2D eigenvalue weighted by Crippen LogP contribution is -2.48. The maximum atomic E-state index is 13.4. The molecule has 0 radical (unpaired) electrons. The van der Waals surface area contributed by atoms with Gasteiger partial charge in [0.15, 0.2) is 0 Å². The first-order valence-corrected chi connectivity index (χ1v) is 12.0. The molecule has 2 fully saturated rings. The molecule has 0 N–H and O–H groups in total. The van der Waals surface area contributed by atoms with Gasteiger partial charge in [-0.3, -0.25) is 4.79 Å². The number of Topliss-reactive ketones (excluding diaryl/α,β-unsaturated/α-hetero) is 1. The fourth-order valence-corrected chi connectivity index (χ4v) is 6.40. The summed E-state index contributed by atoms with van der Waals surface area (Å²) in [4.78, 5) is 13.4. The maximum absolute atomic E-state index is 13.4. The van der Waals surface area contributed by atoms with Crippen LogP contribution in [0.15, 0.2) is 18.2 Å². The number of benzene rings is 1. The van der Waals surface area contributed by atoms with E-state index in [9.17, 15) is 4.79 Å². The van der Waals surface area contributed by atoms with Crippen LogP contribution in [-0.2, 0) is 16.0 Å². The molecule has 3 heteroatoms. The van der Waals surface area contributed by atoms with E-state index in [2.05, 4.69) is 39.0 Å². The molecule has 3 nitrogen and oxygen atoms in total. The van der Waals surface area contributed by atoms with Gasteiger partial charge in [0.25, 0.3) is 0 Å². The van der Waals surface area contributed by atoms with Gasteiger partial charge in [-0.2, -0.15) is 0 Å². The molecule has 1 aromatic rings. The number of aryl methyl sites for hydroxylation is 1. The third-order valence-corrected chi connectivity index (χ3v) is 7.95. The summed E-state index contributed by atoms with van der Waals surface area (Å²) in [7, 11) is 0. The second kappa shape index (κ2) is 8.79. The SMILES string of the molecule is CCCCOc1ccc2c(c1)CCC1C2C(=O)C[C@@]2(C)C1CC[C@@H]2OCCCC. The monoisotopic (exact) mass is 398 g/mol. The van der Waals surface area contributed by atoms with Crippen LogP contribution in [0.2, 0.25) is 0 Å². The first kappa shape index (κ1) is 20.9. The van der Waals surface area contributed by atoms with Crippen molar-refractivity contribution in [2.45, 2.75) is 90.6 Å². The maximum Gasteiger partial charge on any atom is 0.141 e. The van der Waals surface area contributed by atoms with E-state index >= 15 is 0 Å². The predicted octanol–water partition coefficient (Wildman–Crippen LogP) is 6.09. The Labute approximate surface area is 176 Å². The van der Waals surface area contributed by atoms with E-state index in [-0.39, 0.29) is 17.4 Å². The van der Waals surface area contributed by atoms with Crippen LogP contribution in [0.3, 0.4) is 0 Å². The fraction of sp³-hybridized carbons (Fsp3) is 0.731. The van der Waals surface area contributed by atoms with Gasteiger partial charge < -0.3 is 9.47 Å². The molecule has 0 aliphatic heterocycles. The van der Waals surface area contributed by atoms with Crippen molar-refractivity contribution < 1.29 is 14.3 Å². The zero-order valence-corrected chi connectivity index (χ0v) is 18.5. The number of carbonyl (C=O) groups excluding carboxylic acids is 1. The zero-order chi connectivity index (χ0) is 20.4. The van der Waals surface area contributed by atoms with Gasteiger partial charge in [0, 0.05) is 24.4 Å². The minimum absolute atomic E-state index is 0.0344. The Balaban J connectivity index is 1.52. The van der Waals surface area contributed by atoms with E-state index in [1.165, 1.54) is 17.5 Å². The molecule has 0 amide bonds. The lowest BCUT2D eigenvalue weighted by molar-refractivity contribution is -0.137. The van der Waals surface area contributed by atoms with Gasteiger partial charge in [-0.25, -0.2) is 0 Å². The van der Waals surface area contributed by atoms with Crippen LogP contribution >= 0.6 is 0 Å². The number of hydrogen-bond acceptors (Lipinski definition) is 3. The average molecular weight is 399 g/mol. The molecule has 3 aliphatic rings. The Hall–Kier alpha value is -1.35.